The van der Waals surface area contributed by atoms with Gasteiger partial charge in [-0.05, 0) is 18.9 Å². The Hall–Kier alpha value is -2.97. The number of piperidine rings is 1. The van der Waals surface area contributed by atoms with E-state index in [4.69, 9.17) is 0 Å². The van der Waals surface area contributed by atoms with Gasteiger partial charge in [0, 0.05) is 43.2 Å². The van der Waals surface area contributed by atoms with Crippen molar-refractivity contribution in [2.24, 2.45) is 0 Å². The number of ether oxygens (including phenoxy) is 1. The first-order chi connectivity index (χ1) is 11.6. The van der Waals surface area contributed by atoms with Gasteiger partial charge in [-0.25, -0.2) is 9.78 Å². The van der Waals surface area contributed by atoms with Crippen LogP contribution >= 0.6 is 0 Å². The van der Waals surface area contributed by atoms with Gasteiger partial charge in [-0.3, -0.25) is 15.2 Å². The van der Waals surface area contributed by atoms with Crippen LogP contribution in [-0.2, 0) is 4.74 Å². The van der Waals surface area contributed by atoms with Crippen molar-refractivity contribution < 1.29 is 14.5 Å². The topological polar surface area (TPSA) is 114 Å². The molecule has 0 aliphatic carbocycles. The van der Waals surface area contributed by atoms with E-state index in [0.717, 1.165) is 18.5 Å². The molecular formula is C15H17N5O4. The van der Waals surface area contributed by atoms with Crippen LogP contribution in [0.15, 0.2) is 24.5 Å². The summed E-state index contributed by atoms with van der Waals surface area (Å²) < 4.78 is 4.60. The number of H-pyrrole nitrogens is 1. The number of anilines is 1. The van der Waals surface area contributed by atoms with Crippen LogP contribution < -0.4 is 4.90 Å². The smallest absolute Gasteiger partial charge is 0.339 e. The van der Waals surface area contributed by atoms with Crippen LogP contribution in [0.5, 0.6) is 0 Å². The maximum absolute atomic E-state index is 11.6. The van der Waals surface area contributed by atoms with Crippen molar-refractivity contribution >= 4 is 17.5 Å². The van der Waals surface area contributed by atoms with Gasteiger partial charge >= 0.3 is 11.7 Å². The van der Waals surface area contributed by atoms with Crippen molar-refractivity contribution in [1.29, 1.82) is 0 Å². The highest BCUT2D eigenvalue weighted by Crippen LogP contribution is 2.33. The van der Waals surface area contributed by atoms with E-state index in [0.29, 0.717) is 13.1 Å². The van der Waals surface area contributed by atoms with Crippen molar-refractivity contribution in [1.82, 2.24) is 15.2 Å². The van der Waals surface area contributed by atoms with Gasteiger partial charge in [0.05, 0.1) is 17.6 Å². The highest BCUT2D eigenvalue weighted by Gasteiger charge is 2.29. The van der Waals surface area contributed by atoms with E-state index in [1.807, 2.05) is 11.0 Å². The van der Waals surface area contributed by atoms with Gasteiger partial charge in [0.25, 0.3) is 0 Å². The molecule has 1 fully saturated rings. The third-order valence-electron chi connectivity index (χ3n) is 4.15. The molecule has 126 valence electrons. The first-order valence-electron chi connectivity index (χ1n) is 7.57. The SMILES string of the molecule is COC(=O)c1cnc(N2CCCC(c3ccn[nH]3)C2)c([N+](=O)[O-])c1. The largest absolute Gasteiger partial charge is 0.465 e. The van der Waals surface area contributed by atoms with Crippen LogP contribution in [0.4, 0.5) is 11.5 Å². The Kier molecular flexibility index (Phi) is 4.41. The number of nitro groups is 1. The number of carbonyl (C=O) groups is 1. The number of hydrogen-bond donors (Lipinski definition) is 1. The zero-order valence-corrected chi connectivity index (χ0v) is 13.1. The fourth-order valence-corrected chi connectivity index (χ4v) is 2.97. The Morgan fingerprint density at radius 1 is 1.54 bits per heavy atom. The zero-order chi connectivity index (χ0) is 17.1. The average molecular weight is 331 g/mol. The molecule has 1 aliphatic rings. The molecule has 1 atom stereocenters. The Labute approximate surface area is 137 Å². The van der Waals surface area contributed by atoms with Crippen LogP contribution in [0.1, 0.15) is 34.8 Å². The molecule has 1 unspecified atom stereocenters. The Bertz CT molecular complexity index is 746. The number of aromatic amines is 1. The molecule has 1 N–H and O–H groups in total. The van der Waals surface area contributed by atoms with Gasteiger partial charge in [0.15, 0.2) is 0 Å². The van der Waals surface area contributed by atoms with E-state index < -0.39 is 10.9 Å². The lowest BCUT2D eigenvalue weighted by molar-refractivity contribution is -0.384. The van der Waals surface area contributed by atoms with E-state index in [1.165, 1.54) is 19.4 Å². The van der Waals surface area contributed by atoms with E-state index in [2.05, 4.69) is 19.9 Å². The Balaban J connectivity index is 1.90. The minimum atomic E-state index is -0.647. The van der Waals surface area contributed by atoms with Crippen LogP contribution in [-0.4, -0.2) is 46.3 Å². The molecule has 0 bridgehead atoms. The molecule has 1 aliphatic heterocycles. The maximum Gasteiger partial charge on any atom is 0.339 e. The summed E-state index contributed by atoms with van der Waals surface area (Å²) in [7, 11) is 1.22. The normalized spacial score (nSPS) is 17.5. The van der Waals surface area contributed by atoms with Crippen molar-refractivity contribution in [3.05, 3.63) is 45.9 Å². The van der Waals surface area contributed by atoms with Crippen molar-refractivity contribution in [3.8, 4) is 0 Å². The van der Waals surface area contributed by atoms with Crippen molar-refractivity contribution in [2.75, 3.05) is 25.1 Å². The van der Waals surface area contributed by atoms with E-state index in [-0.39, 0.29) is 23.0 Å². The highest BCUT2D eigenvalue weighted by molar-refractivity contribution is 5.90. The third-order valence-corrected chi connectivity index (χ3v) is 4.15. The summed E-state index contributed by atoms with van der Waals surface area (Å²) >= 11 is 0. The second-order valence-electron chi connectivity index (χ2n) is 5.61. The van der Waals surface area contributed by atoms with E-state index in [1.54, 1.807) is 6.20 Å². The van der Waals surface area contributed by atoms with Gasteiger partial charge in [-0.2, -0.15) is 5.10 Å². The molecular weight excluding hydrogens is 314 g/mol. The predicted octanol–water partition coefficient (Wildman–Crippen LogP) is 1.88. The summed E-state index contributed by atoms with van der Waals surface area (Å²) in [6.45, 7) is 1.28. The molecule has 0 spiro atoms. The molecule has 9 nitrogen and oxygen atoms in total. The second kappa shape index (κ2) is 6.65. The molecule has 2 aromatic rings. The average Bonchev–Trinajstić information content (AvgIpc) is 3.15. The lowest BCUT2D eigenvalue weighted by atomic mass is 9.95. The molecule has 0 radical (unpaired) electrons. The molecule has 1 saturated heterocycles. The molecule has 3 heterocycles. The molecule has 3 rings (SSSR count). The first-order valence-corrected chi connectivity index (χ1v) is 7.57. The summed E-state index contributed by atoms with van der Waals surface area (Å²) in [5, 5.41) is 18.3. The van der Waals surface area contributed by atoms with Gasteiger partial charge in [-0.15, -0.1) is 0 Å². The van der Waals surface area contributed by atoms with Gasteiger partial charge in [0.1, 0.15) is 0 Å². The minimum absolute atomic E-state index is 0.0649. The molecule has 0 aromatic carbocycles. The van der Waals surface area contributed by atoms with Gasteiger partial charge < -0.3 is 9.64 Å². The number of nitrogens with zero attached hydrogens (tertiary/aromatic N) is 4. The van der Waals surface area contributed by atoms with Gasteiger partial charge in [-0.1, -0.05) is 0 Å². The predicted molar refractivity (Wildman–Crippen MR) is 85.0 cm³/mol. The number of rotatable bonds is 4. The quantitative estimate of drug-likeness (QED) is 0.517. The van der Waals surface area contributed by atoms with Crippen LogP contribution in [0.2, 0.25) is 0 Å². The fourth-order valence-electron chi connectivity index (χ4n) is 2.97. The summed E-state index contributed by atoms with van der Waals surface area (Å²) in [6.07, 6.45) is 4.88. The van der Waals surface area contributed by atoms with E-state index >= 15 is 0 Å². The molecule has 0 saturated carbocycles. The number of hydrogen-bond acceptors (Lipinski definition) is 7. The fraction of sp³-hybridized carbons (Fsp3) is 0.400. The second-order valence-corrected chi connectivity index (χ2v) is 5.61. The molecule has 0 amide bonds. The molecule has 24 heavy (non-hydrogen) atoms. The maximum atomic E-state index is 11.6. The van der Waals surface area contributed by atoms with Crippen LogP contribution in [0.3, 0.4) is 0 Å². The number of nitrogens with one attached hydrogen (secondary N) is 1. The van der Waals surface area contributed by atoms with Crippen molar-refractivity contribution in [2.45, 2.75) is 18.8 Å². The monoisotopic (exact) mass is 331 g/mol. The number of carbonyl (C=O) groups excluding carboxylic acids is 1. The number of pyridine rings is 1. The summed E-state index contributed by atoms with van der Waals surface area (Å²) in [5.41, 5.74) is 0.881. The highest BCUT2D eigenvalue weighted by atomic mass is 16.6. The Morgan fingerprint density at radius 3 is 3.04 bits per heavy atom. The summed E-state index contributed by atoms with van der Waals surface area (Å²) in [6, 6.07) is 3.13. The summed E-state index contributed by atoms with van der Waals surface area (Å²) in [5.74, 6) is -0.161. The third kappa shape index (κ3) is 3.05. The Morgan fingerprint density at radius 2 is 2.38 bits per heavy atom. The number of methoxy groups -OCH3 is 1. The minimum Gasteiger partial charge on any atom is -0.465 e. The van der Waals surface area contributed by atoms with Gasteiger partial charge in [0.2, 0.25) is 5.82 Å². The lowest BCUT2D eigenvalue weighted by Crippen LogP contribution is -2.35. The standard InChI is InChI=1S/C15H17N5O4/c1-24-15(21)11-7-13(20(22)23)14(16-8-11)19-6-2-3-10(9-19)12-4-5-17-18-12/h4-5,7-8,10H,2-3,6,9H2,1H3,(H,17,18). The first kappa shape index (κ1) is 15.9. The number of aromatic nitrogens is 3. The number of esters is 1. The van der Waals surface area contributed by atoms with Crippen molar-refractivity contribution in [3.63, 3.8) is 0 Å². The van der Waals surface area contributed by atoms with Crippen LogP contribution in [0, 0.1) is 10.1 Å². The zero-order valence-electron chi connectivity index (χ0n) is 13.1. The van der Waals surface area contributed by atoms with Crippen LogP contribution in [0.25, 0.3) is 0 Å². The molecule has 2 aromatic heterocycles. The molecule has 9 heteroatoms. The lowest BCUT2D eigenvalue weighted by Gasteiger charge is -2.32. The van der Waals surface area contributed by atoms with E-state index in [9.17, 15) is 14.9 Å². The summed E-state index contributed by atoms with van der Waals surface area (Å²) in [4.78, 5) is 28.5.